The van der Waals surface area contributed by atoms with E-state index in [0.29, 0.717) is 6.54 Å². The minimum Gasteiger partial charge on any atom is -0.495 e. The Morgan fingerprint density at radius 2 is 1.91 bits per heavy atom. The van der Waals surface area contributed by atoms with Crippen molar-refractivity contribution < 1.29 is 17.9 Å². The zero-order valence-corrected chi connectivity index (χ0v) is 14.5. The predicted octanol–water partition coefficient (Wildman–Crippen LogP) is 1.62. The van der Waals surface area contributed by atoms with Crippen LogP contribution < -0.4 is 14.8 Å². The molecule has 0 spiro atoms. The first kappa shape index (κ1) is 18.4. The highest BCUT2D eigenvalue weighted by molar-refractivity contribution is 7.89. The summed E-state index contributed by atoms with van der Waals surface area (Å²) >= 11 is 0. The maximum atomic E-state index is 12.5. The van der Waals surface area contributed by atoms with Crippen LogP contribution in [-0.2, 0) is 14.8 Å². The number of rotatable bonds is 7. The lowest BCUT2D eigenvalue weighted by Crippen LogP contribution is -2.44. The topological polar surface area (TPSA) is 84.5 Å². The third-order valence-electron chi connectivity index (χ3n) is 3.22. The molecule has 0 fully saturated rings. The van der Waals surface area contributed by atoms with E-state index in [-0.39, 0.29) is 22.5 Å². The van der Waals surface area contributed by atoms with Crippen molar-refractivity contribution in [2.45, 2.75) is 44.6 Å². The molecule has 6 nitrogen and oxygen atoms in total. The van der Waals surface area contributed by atoms with Gasteiger partial charge in [0.05, 0.1) is 13.2 Å². The molecule has 1 amide bonds. The largest absolute Gasteiger partial charge is 0.495 e. The Hall–Kier alpha value is -1.60. The van der Waals surface area contributed by atoms with Crippen LogP contribution in [0.1, 0.15) is 39.2 Å². The third-order valence-corrected chi connectivity index (χ3v) is 4.78. The van der Waals surface area contributed by atoms with Gasteiger partial charge in [-0.15, -0.1) is 0 Å². The minimum atomic E-state index is -3.86. The molecule has 2 N–H and O–H groups in total. The van der Waals surface area contributed by atoms with Crippen molar-refractivity contribution in [3.05, 3.63) is 23.8 Å². The fraction of sp³-hybridized carbons (Fsp3) is 0.533. The molecule has 0 saturated heterocycles. The van der Waals surface area contributed by atoms with Crippen LogP contribution >= 0.6 is 0 Å². The van der Waals surface area contributed by atoms with Gasteiger partial charge in [-0.1, -0.05) is 19.9 Å². The molecule has 1 unspecified atom stereocenters. The summed E-state index contributed by atoms with van der Waals surface area (Å²) in [5, 5.41) is 2.58. The smallest absolute Gasteiger partial charge is 0.244 e. The predicted molar refractivity (Wildman–Crippen MR) is 85.6 cm³/mol. The number of ether oxygens (including phenoxy) is 1. The Morgan fingerprint density at radius 1 is 1.27 bits per heavy atom. The van der Waals surface area contributed by atoms with E-state index in [9.17, 15) is 13.2 Å². The van der Waals surface area contributed by atoms with Gasteiger partial charge in [-0.25, -0.2) is 8.42 Å². The summed E-state index contributed by atoms with van der Waals surface area (Å²) in [6, 6.07) is 4.17. The monoisotopic (exact) mass is 328 g/mol. The number of benzene rings is 1. The van der Waals surface area contributed by atoms with E-state index in [4.69, 9.17) is 4.74 Å². The molecule has 0 bridgehead atoms. The lowest BCUT2D eigenvalue weighted by molar-refractivity contribution is -0.122. The number of hydrogen-bond donors (Lipinski definition) is 2. The van der Waals surface area contributed by atoms with Crippen LogP contribution in [0.3, 0.4) is 0 Å². The highest BCUT2D eigenvalue weighted by Gasteiger charge is 2.25. The van der Waals surface area contributed by atoms with E-state index in [1.165, 1.54) is 14.0 Å². The van der Waals surface area contributed by atoms with Crippen molar-refractivity contribution in [2.24, 2.45) is 0 Å². The summed E-state index contributed by atoms with van der Waals surface area (Å²) < 4.78 is 32.6. The van der Waals surface area contributed by atoms with Gasteiger partial charge in [-0.2, -0.15) is 4.72 Å². The van der Waals surface area contributed by atoms with E-state index >= 15 is 0 Å². The maximum absolute atomic E-state index is 12.5. The van der Waals surface area contributed by atoms with E-state index in [0.717, 1.165) is 5.56 Å². The summed E-state index contributed by atoms with van der Waals surface area (Å²) in [4.78, 5) is 11.8. The second-order valence-electron chi connectivity index (χ2n) is 5.30. The number of likely N-dealkylation sites (N-methyl/N-ethyl adjacent to an activating group) is 1. The molecule has 0 aliphatic carbocycles. The fourth-order valence-corrected chi connectivity index (χ4v) is 3.35. The van der Waals surface area contributed by atoms with E-state index in [1.807, 2.05) is 19.9 Å². The molecule has 1 atom stereocenters. The van der Waals surface area contributed by atoms with Gasteiger partial charge in [0.15, 0.2) is 0 Å². The molecule has 0 aliphatic heterocycles. The van der Waals surface area contributed by atoms with Crippen LogP contribution in [0.15, 0.2) is 23.1 Å². The highest BCUT2D eigenvalue weighted by atomic mass is 32.2. The molecule has 1 aromatic carbocycles. The first-order chi connectivity index (χ1) is 10.2. The van der Waals surface area contributed by atoms with Crippen molar-refractivity contribution in [2.75, 3.05) is 13.7 Å². The zero-order valence-electron chi connectivity index (χ0n) is 13.6. The third kappa shape index (κ3) is 4.45. The number of sulfonamides is 1. The van der Waals surface area contributed by atoms with Crippen molar-refractivity contribution in [1.29, 1.82) is 0 Å². The Labute approximate surface area is 132 Å². The van der Waals surface area contributed by atoms with Gasteiger partial charge in [-0.3, -0.25) is 4.79 Å². The van der Waals surface area contributed by atoms with Crippen LogP contribution in [0.4, 0.5) is 0 Å². The number of methoxy groups -OCH3 is 1. The molecule has 124 valence electrons. The number of carbonyl (C=O) groups is 1. The summed E-state index contributed by atoms with van der Waals surface area (Å²) in [7, 11) is -2.44. The molecular weight excluding hydrogens is 304 g/mol. The van der Waals surface area contributed by atoms with E-state index in [1.54, 1.807) is 19.1 Å². The van der Waals surface area contributed by atoms with Gasteiger partial charge < -0.3 is 10.1 Å². The normalized spacial score (nSPS) is 13.0. The molecular formula is C15H24N2O4S. The van der Waals surface area contributed by atoms with E-state index in [2.05, 4.69) is 10.0 Å². The van der Waals surface area contributed by atoms with Gasteiger partial charge in [0.2, 0.25) is 15.9 Å². The van der Waals surface area contributed by atoms with Crippen LogP contribution in [0.2, 0.25) is 0 Å². The molecule has 22 heavy (non-hydrogen) atoms. The molecule has 0 aliphatic rings. The van der Waals surface area contributed by atoms with Gasteiger partial charge in [0.1, 0.15) is 10.6 Å². The van der Waals surface area contributed by atoms with Gasteiger partial charge in [-0.05, 0) is 37.5 Å². The van der Waals surface area contributed by atoms with Gasteiger partial charge >= 0.3 is 0 Å². The van der Waals surface area contributed by atoms with Crippen LogP contribution in [0.25, 0.3) is 0 Å². The van der Waals surface area contributed by atoms with Gasteiger partial charge in [0, 0.05) is 6.54 Å². The summed E-state index contributed by atoms with van der Waals surface area (Å²) in [5.74, 6) is 0.0609. The quantitative estimate of drug-likeness (QED) is 0.796. The summed E-state index contributed by atoms with van der Waals surface area (Å²) in [6.45, 7) is 7.67. The minimum absolute atomic E-state index is 0.0392. The average Bonchev–Trinajstić information content (AvgIpc) is 2.46. The van der Waals surface area contributed by atoms with Crippen molar-refractivity contribution in [3.63, 3.8) is 0 Å². The first-order valence-corrected chi connectivity index (χ1v) is 8.69. The number of amides is 1. The zero-order chi connectivity index (χ0) is 16.9. The Balaban J connectivity index is 3.16. The van der Waals surface area contributed by atoms with Crippen molar-refractivity contribution >= 4 is 15.9 Å². The standard InChI is InChI=1S/C15H24N2O4S/c1-6-16-15(18)11(4)17-22(19,20)14-9-12(10(2)3)7-8-13(14)21-5/h7-11,17H,6H2,1-5H3,(H,16,18). The number of hydrogen-bond acceptors (Lipinski definition) is 4. The summed E-state index contributed by atoms with van der Waals surface area (Å²) in [5.41, 5.74) is 0.881. The van der Waals surface area contributed by atoms with Crippen LogP contribution in [-0.4, -0.2) is 34.0 Å². The Kier molecular flexibility index (Phi) is 6.37. The van der Waals surface area contributed by atoms with Crippen molar-refractivity contribution in [1.82, 2.24) is 10.0 Å². The molecule has 1 aromatic rings. The molecule has 1 rings (SSSR count). The second kappa shape index (κ2) is 7.60. The van der Waals surface area contributed by atoms with Crippen molar-refractivity contribution in [3.8, 4) is 5.75 Å². The van der Waals surface area contributed by atoms with Crippen LogP contribution in [0, 0.1) is 0 Å². The molecule has 7 heteroatoms. The molecule has 0 radical (unpaired) electrons. The van der Waals surface area contributed by atoms with E-state index < -0.39 is 16.1 Å². The molecule has 0 heterocycles. The lowest BCUT2D eigenvalue weighted by Gasteiger charge is -2.17. The second-order valence-corrected chi connectivity index (χ2v) is 6.98. The molecule has 0 saturated carbocycles. The molecule has 0 aromatic heterocycles. The van der Waals surface area contributed by atoms with Crippen LogP contribution in [0.5, 0.6) is 5.75 Å². The Bertz CT molecular complexity index is 626. The lowest BCUT2D eigenvalue weighted by atomic mass is 10.0. The number of nitrogens with one attached hydrogen (secondary N) is 2. The van der Waals surface area contributed by atoms with Gasteiger partial charge in [0.25, 0.3) is 0 Å². The maximum Gasteiger partial charge on any atom is 0.244 e. The highest BCUT2D eigenvalue weighted by Crippen LogP contribution is 2.28. The SMILES string of the molecule is CCNC(=O)C(C)NS(=O)(=O)c1cc(C(C)C)ccc1OC. The Morgan fingerprint density at radius 3 is 2.41 bits per heavy atom. The average molecular weight is 328 g/mol. The number of carbonyl (C=O) groups excluding carboxylic acids is 1. The first-order valence-electron chi connectivity index (χ1n) is 7.20. The fourth-order valence-electron chi connectivity index (χ4n) is 1.94. The summed E-state index contributed by atoms with van der Waals surface area (Å²) in [6.07, 6.45) is 0.